The molecule has 0 radical (unpaired) electrons. The minimum atomic E-state index is -4.55. The van der Waals surface area contributed by atoms with Gasteiger partial charge in [-0.05, 0) is 32.6 Å². The summed E-state index contributed by atoms with van der Waals surface area (Å²) in [4.78, 5) is 60.4. The fraction of sp³-hybridized carbons (Fsp3) is 0.800. The SMILES string of the molecule is COP(=O)(O)OC1C(CO)OC(n2cc(C)c(=O)[nH]c2=O)C1OCCCCCCNC(=O)CCCCO[C@@H]1O[C@H](CO)[C@H](O)[C@H](O)[C@H]1NC(C)=O. The summed E-state index contributed by atoms with van der Waals surface area (Å²) < 4.78 is 46.0. The van der Waals surface area contributed by atoms with E-state index in [4.69, 9.17) is 23.5 Å². The zero-order valence-electron chi connectivity index (χ0n) is 28.9. The molecule has 5 unspecified atom stereocenters. The van der Waals surface area contributed by atoms with Gasteiger partial charge in [0.15, 0.2) is 12.5 Å². The number of aliphatic hydroxyl groups excluding tert-OH is 4. The van der Waals surface area contributed by atoms with Crippen LogP contribution in [0.1, 0.15) is 63.7 Å². The summed E-state index contributed by atoms with van der Waals surface area (Å²) in [6, 6.07) is -1.03. The monoisotopic (exact) mass is 754 g/mol. The Bertz CT molecular complexity index is 1430. The van der Waals surface area contributed by atoms with Gasteiger partial charge in [0.2, 0.25) is 11.8 Å². The van der Waals surface area contributed by atoms with Gasteiger partial charge in [-0.3, -0.25) is 33.0 Å². The summed E-state index contributed by atoms with van der Waals surface area (Å²) in [6.45, 7) is 2.27. The molecule has 1 aromatic rings. The lowest BCUT2D eigenvalue weighted by Crippen LogP contribution is -2.64. The van der Waals surface area contributed by atoms with Crippen LogP contribution in [-0.2, 0) is 42.1 Å². The molecule has 0 saturated carbocycles. The van der Waals surface area contributed by atoms with Crippen molar-refractivity contribution in [1.29, 1.82) is 0 Å². The van der Waals surface area contributed by atoms with Gasteiger partial charge < -0.3 is 54.9 Å². The van der Waals surface area contributed by atoms with Crippen LogP contribution in [-0.4, -0.2) is 136 Å². The lowest BCUT2D eigenvalue weighted by molar-refractivity contribution is -0.270. The van der Waals surface area contributed by atoms with Crippen LogP contribution in [0.4, 0.5) is 0 Å². The lowest BCUT2D eigenvalue weighted by Gasteiger charge is -2.42. The number of unbranched alkanes of at least 4 members (excludes halogenated alkanes) is 4. The highest BCUT2D eigenvalue weighted by Gasteiger charge is 2.50. The molecule has 2 amide bonds. The third kappa shape index (κ3) is 12.5. The first-order valence-corrected chi connectivity index (χ1v) is 18.3. The Morgan fingerprint density at radius 3 is 2.29 bits per heavy atom. The topological polar surface area (TPSA) is 287 Å². The molecule has 51 heavy (non-hydrogen) atoms. The van der Waals surface area contributed by atoms with Gasteiger partial charge in [-0.2, -0.15) is 0 Å². The highest BCUT2D eigenvalue weighted by Crippen LogP contribution is 2.48. The molecule has 0 bridgehead atoms. The van der Waals surface area contributed by atoms with Crippen molar-refractivity contribution in [1.82, 2.24) is 20.2 Å². The van der Waals surface area contributed by atoms with Crippen LogP contribution in [0.15, 0.2) is 15.8 Å². The van der Waals surface area contributed by atoms with Crippen molar-refractivity contribution in [2.45, 2.75) is 114 Å². The minimum Gasteiger partial charge on any atom is -0.394 e. The van der Waals surface area contributed by atoms with Crippen LogP contribution in [0.3, 0.4) is 0 Å². The zero-order valence-corrected chi connectivity index (χ0v) is 29.8. The maximum Gasteiger partial charge on any atom is 0.472 e. The molecular weight excluding hydrogens is 703 g/mol. The molecule has 8 N–H and O–H groups in total. The van der Waals surface area contributed by atoms with Gasteiger partial charge in [-0.1, -0.05) is 12.8 Å². The molecule has 2 aliphatic heterocycles. The number of hydrogen-bond acceptors (Lipinski definition) is 15. The number of nitrogens with zero attached hydrogens (tertiary/aromatic N) is 1. The predicted molar refractivity (Wildman–Crippen MR) is 175 cm³/mol. The van der Waals surface area contributed by atoms with Crippen LogP contribution in [0.2, 0.25) is 0 Å². The third-order valence-corrected chi connectivity index (χ3v) is 9.38. The van der Waals surface area contributed by atoms with Gasteiger partial charge in [0.1, 0.15) is 42.7 Å². The zero-order chi connectivity index (χ0) is 37.7. The Kier molecular flexibility index (Phi) is 17.3. The number of H-pyrrole nitrogens is 1. The number of aliphatic hydroxyl groups is 4. The third-order valence-electron chi connectivity index (χ3n) is 8.41. The van der Waals surface area contributed by atoms with E-state index in [9.17, 15) is 49.1 Å². The smallest absolute Gasteiger partial charge is 0.394 e. The molecule has 1 aromatic heterocycles. The van der Waals surface area contributed by atoms with E-state index in [0.29, 0.717) is 38.6 Å². The van der Waals surface area contributed by atoms with Gasteiger partial charge >= 0.3 is 13.5 Å². The summed E-state index contributed by atoms with van der Waals surface area (Å²) in [5.74, 6) is -0.605. The minimum absolute atomic E-state index is 0.133. The van der Waals surface area contributed by atoms with Crippen molar-refractivity contribution in [2.24, 2.45) is 0 Å². The second kappa shape index (κ2) is 20.6. The highest BCUT2D eigenvalue weighted by molar-refractivity contribution is 7.47. The normalized spacial score (nSPS) is 29.1. The van der Waals surface area contributed by atoms with Gasteiger partial charge in [-0.25, -0.2) is 9.36 Å². The maximum absolute atomic E-state index is 12.6. The number of nitrogens with one attached hydrogen (secondary N) is 3. The molecule has 3 rings (SSSR count). The standard InChI is InChI=1S/C30H51N4O16P/c1-17-14-34(30(42)33-27(17)41)28-26(25(20(16-36)48-28)50-51(43,44)45-3)46-12-8-5-4-7-11-31-21(38)10-6-9-13-47-29-22(32-18(2)37)24(40)23(39)19(15-35)49-29/h14,19-20,22-26,28-29,35-36,39-40H,4-13,15-16H2,1-3H3,(H,31,38)(H,32,37)(H,43,44)(H,33,41,42)/t19-,20?,22-,23+,24-,25?,26?,28?,29-/m1/s1. The molecule has 20 nitrogen and oxygen atoms in total. The Hall–Kier alpha value is -2.59. The van der Waals surface area contributed by atoms with Gasteiger partial charge in [-0.15, -0.1) is 0 Å². The van der Waals surface area contributed by atoms with Crippen molar-refractivity contribution >= 4 is 19.6 Å². The molecule has 2 aliphatic rings. The van der Waals surface area contributed by atoms with E-state index in [1.54, 1.807) is 0 Å². The largest absolute Gasteiger partial charge is 0.472 e. The summed E-state index contributed by atoms with van der Waals surface area (Å²) in [5.41, 5.74) is -1.19. The average Bonchev–Trinajstić information content (AvgIpc) is 3.42. The molecule has 21 heteroatoms. The molecule has 10 atom stereocenters. The number of aryl methyl sites for hydroxylation is 1. The molecule has 0 spiro atoms. The molecule has 292 valence electrons. The molecule has 0 aromatic carbocycles. The van der Waals surface area contributed by atoms with Crippen LogP contribution in [0.25, 0.3) is 0 Å². The molecule has 2 saturated heterocycles. The lowest BCUT2D eigenvalue weighted by atomic mass is 9.97. The fourth-order valence-electron chi connectivity index (χ4n) is 5.67. The summed E-state index contributed by atoms with van der Waals surface area (Å²) in [5, 5.41) is 45.0. The Labute approximate surface area is 294 Å². The maximum atomic E-state index is 12.6. The van der Waals surface area contributed by atoms with Crippen molar-refractivity contribution in [3.63, 3.8) is 0 Å². The molecular formula is C30H51N4O16P. The first-order valence-electron chi connectivity index (χ1n) is 16.8. The molecule has 3 heterocycles. The van der Waals surface area contributed by atoms with E-state index in [1.807, 2.05) is 0 Å². The predicted octanol–water partition coefficient (Wildman–Crippen LogP) is -1.94. The summed E-state index contributed by atoms with van der Waals surface area (Å²) >= 11 is 0. The summed E-state index contributed by atoms with van der Waals surface area (Å²) in [7, 11) is -3.58. The average molecular weight is 755 g/mol. The van der Waals surface area contributed by atoms with Crippen LogP contribution < -0.4 is 21.9 Å². The quantitative estimate of drug-likeness (QED) is 0.0500. The number of amides is 2. The van der Waals surface area contributed by atoms with Gasteiger partial charge in [0.05, 0.1) is 13.2 Å². The number of aromatic nitrogens is 2. The van der Waals surface area contributed by atoms with Crippen LogP contribution in [0, 0.1) is 6.92 Å². The van der Waals surface area contributed by atoms with Gasteiger partial charge in [0, 0.05) is 52.0 Å². The fourth-order valence-corrected chi connectivity index (χ4v) is 6.32. The van der Waals surface area contributed by atoms with E-state index in [2.05, 4.69) is 20.1 Å². The number of aromatic amines is 1. The first kappa shape index (κ1) is 42.8. The molecule has 2 fully saturated rings. The van der Waals surface area contributed by atoms with E-state index in [-0.39, 0.29) is 31.1 Å². The number of carbonyl (C=O) groups excluding carboxylic acids is 2. The second-order valence-corrected chi connectivity index (χ2v) is 13.8. The number of phosphoric acid groups is 1. The van der Waals surface area contributed by atoms with Crippen molar-refractivity contribution in [2.75, 3.05) is 40.1 Å². The number of rotatable bonds is 21. The second-order valence-electron chi connectivity index (χ2n) is 12.3. The van der Waals surface area contributed by atoms with Crippen molar-refractivity contribution < 1.29 is 67.5 Å². The highest BCUT2D eigenvalue weighted by atomic mass is 31.2. The molecule has 0 aliphatic carbocycles. The number of ether oxygens (including phenoxy) is 4. The van der Waals surface area contributed by atoms with Crippen molar-refractivity contribution in [3.05, 3.63) is 32.6 Å². The number of phosphoric ester groups is 1. The van der Waals surface area contributed by atoms with E-state index < -0.39 is 93.4 Å². The summed E-state index contributed by atoms with van der Waals surface area (Å²) in [6.07, 6.45) is -4.64. The Morgan fingerprint density at radius 2 is 1.63 bits per heavy atom. The van der Waals surface area contributed by atoms with E-state index in [1.165, 1.54) is 20.0 Å². The first-order chi connectivity index (χ1) is 24.2. The number of carbonyl (C=O) groups is 2. The van der Waals surface area contributed by atoms with Crippen LogP contribution >= 0.6 is 7.82 Å². The number of hydrogen-bond donors (Lipinski definition) is 8. The van der Waals surface area contributed by atoms with Gasteiger partial charge in [0.25, 0.3) is 5.56 Å². The Balaban J connectivity index is 1.37. The van der Waals surface area contributed by atoms with Crippen LogP contribution in [0.5, 0.6) is 0 Å². The van der Waals surface area contributed by atoms with E-state index >= 15 is 0 Å². The Morgan fingerprint density at radius 1 is 0.961 bits per heavy atom. The van der Waals surface area contributed by atoms with Crippen molar-refractivity contribution in [3.8, 4) is 0 Å². The van der Waals surface area contributed by atoms with E-state index in [0.717, 1.165) is 18.1 Å².